The number of carbonyl (C=O) groups is 5. The second kappa shape index (κ2) is 10.4. The number of likely N-dealkylation sites (tertiary alicyclic amines) is 1. The van der Waals surface area contributed by atoms with Crippen LogP contribution in [0.1, 0.15) is 53.4 Å². The lowest BCUT2D eigenvalue weighted by molar-refractivity contribution is -0.151. The van der Waals surface area contributed by atoms with Crippen molar-refractivity contribution in [2.75, 3.05) is 33.3 Å². The number of hydrogen-bond acceptors (Lipinski definition) is 9. The van der Waals surface area contributed by atoms with E-state index in [9.17, 15) is 24.0 Å². The summed E-state index contributed by atoms with van der Waals surface area (Å²) >= 11 is 0. The van der Waals surface area contributed by atoms with Crippen molar-refractivity contribution in [1.29, 1.82) is 0 Å². The first-order valence-corrected chi connectivity index (χ1v) is 14.0. The van der Waals surface area contributed by atoms with Gasteiger partial charge in [0.15, 0.2) is 0 Å². The lowest BCUT2D eigenvalue weighted by Crippen LogP contribution is -2.60. The highest BCUT2D eigenvalue weighted by Crippen LogP contribution is 2.57. The number of allylic oxidation sites excluding steroid dienone is 2. The van der Waals surface area contributed by atoms with Gasteiger partial charge in [-0.3, -0.25) is 24.3 Å². The monoisotopic (exact) mass is 556 g/mol. The average molecular weight is 557 g/mol. The number of rotatable bonds is 8. The molecule has 0 aromatic heterocycles. The molecule has 0 bridgehead atoms. The summed E-state index contributed by atoms with van der Waals surface area (Å²) in [5.74, 6) is -3.35. The Morgan fingerprint density at radius 2 is 1.85 bits per heavy atom. The van der Waals surface area contributed by atoms with Gasteiger partial charge >= 0.3 is 18.2 Å². The van der Waals surface area contributed by atoms with Gasteiger partial charge in [0.1, 0.15) is 12.1 Å². The zero-order valence-corrected chi connectivity index (χ0v) is 23.6. The molecule has 0 aromatic rings. The fourth-order valence-corrected chi connectivity index (χ4v) is 6.46. The zero-order chi connectivity index (χ0) is 28.9. The maximum absolute atomic E-state index is 13.9. The number of methoxy groups -OCH3 is 1. The molecule has 12 nitrogen and oxygen atoms in total. The number of nitrogens with zero attached hydrogens (tertiary/aromatic N) is 4. The van der Waals surface area contributed by atoms with Crippen LogP contribution in [-0.2, 0) is 28.6 Å². The van der Waals surface area contributed by atoms with E-state index in [1.807, 2.05) is 26.8 Å². The van der Waals surface area contributed by atoms with Crippen LogP contribution >= 0.6 is 0 Å². The lowest BCUT2D eigenvalue weighted by atomic mass is 9.61. The Labute approximate surface area is 233 Å². The van der Waals surface area contributed by atoms with Crippen LogP contribution in [0.4, 0.5) is 9.59 Å². The summed E-state index contributed by atoms with van der Waals surface area (Å²) in [6.45, 7) is 8.12. The number of fused-ring (bicyclic) bond motifs is 5. The van der Waals surface area contributed by atoms with E-state index in [2.05, 4.69) is 0 Å². The molecule has 3 fully saturated rings. The van der Waals surface area contributed by atoms with Crippen LogP contribution in [0.3, 0.4) is 0 Å². The van der Waals surface area contributed by atoms with Gasteiger partial charge in [0.2, 0.25) is 23.6 Å². The van der Waals surface area contributed by atoms with E-state index < -0.39 is 59.8 Å². The van der Waals surface area contributed by atoms with Gasteiger partial charge in [-0.15, -0.1) is 0 Å². The molecule has 3 aliphatic heterocycles. The third kappa shape index (κ3) is 4.19. The van der Waals surface area contributed by atoms with Crippen molar-refractivity contribution in [3.63, 3.8) is 0 Å². The summed E-state index contributed by atoms with van der Waals surface area (Å²) in [5.41, 5.74) is -0.0209. The quantitative estimate of drug-likeness (QED) is 0.253. The minimum atomic E-state index is -1.34. The highest BCUT2D eigenvalue weighted by atomic mass is 16.6. The summed E-state index contributed by atoms with van der Waals surface area (Å²) in [6.07, 6.45) is 3.26. The minimum Gasteiger partial charge on any atom is -0.468 e. The van der Waals surface area contributed by atoms with Gasteiger partial charge in [-0.25, -0.2) is 14.5 Å². The number of amides is 4. The van der Waals surface area contributed by atoms with Crippen molar-refractivity contribution in [3.05, 3.63) is 23.1 Å². The standard InChI is InChI=1S/C28H36N4O8/c1-6-16-17-11-12-18-20(23(35)31(22(18)34)14-19(33)38-5)21(17)28(4)25(29-13-15-9-10-15)40-27(37)32(28)24(16)39-26(36)30(7-2)8-3/h11,15,18,20-21H,6-10,12-14H2,1-5H3/t18-,20-,21+,28+/m1/s1. The van der Waals surface area contributed by atoms with Crippen molar-refractivity contribution >= 4 is 35.9 Å². The summed E-state index contributed by atoms with van der Waals surface area (Å²) in [5, 5.41) is 0. The van der Waals surface area contributed by atoms with Crippen LogP contribution in [0.15, 0.2) is 28.1 Å². The molecule has 4 amide bonds. The van der Waals surface area contributed by atoms with Gasteiger partial charge in [0.25, 0.3) is 0 Å². The molecule has 0 spiro atoms. The molecular formula is C28H36N4O8. The third-order valence-corrected chi connectivity index (χ3v) is 8.80. The molecule has 0 unspecified atom stereocenters. The number of aliphatic imine (C=N–C) groups is 1. The van der Waals surface area contributed by atoms with E-state index in [1.165, 1.54) is 16.9 Å². The molecule has 40 heavy (non-hydrogen) atoms. The second-order valence-electron chi connectivity index (χ2n) is 11.0. The molecule has 4 atom stereocenters. The number of imide groups is 1. The Kier molecular flexibility index (Phi) is 7.22. The fourth-order valence-electron chi connectivity index (χ4n) is 6.46. The van der Waals surface area contributed by atoms with Gasteiger partial charge in [-0.05, 0) is 57.9 Å². The Balaban J connectivity index is 1.66. The molecule has 12 heteroatoms. The maximum Gasteiger partial charge on any atom is 0.424 e. The molecule has 0 radical (unpaired) electrons. The first kappa shape index (κ1) is 27.9. The molecule has 0 N–H and O–H groups in total. The van der Waals surface area contributed by atoms with Gasteiger partial charge in [0, 0.05) is 31.1 Å². The normalized spacial score (nSPS) is 30.1. The van der Waals surface area contributed by atoms with Crippen molar-refractivity contribution in [3.8, 4) is 0 Å². The Morgan fingerprint density at radius 3 is 2.45 bits per heavy atom. The van der Waals surface area contributed by atoms with E-state index in [4.69, 9.17) is 19.2 Å². The van der Waals surface area contributed by atoms with Crippen LogP contribution in [-0.4, -0.2) is 89.4 Å². The highest BCUT2D eigenvalue weighted by molar-refractivity contribution is 6.10. The Bertz CT molecular complexity index is 1250. The maximum atomic E-state index is 13.9. The van der Waals surface area contributed by atoms with Crippen LogP contribution in [0.2, 0.25) is 0 Å². The van der Waals surface area contributed by atoms with Crippen molar-refractivity contribution in [2.45, 2.75) is 58.9 Å². The van der Waals surface area contributed by atoms with Crippen LogP contribution in [0.25, 0.3) is 0 Å². The first-order valence-electron chi connectivity index (χ1n) is 14.0. The first-order chi connectivity index (χ1) is 19.1. The molecule has 5 aliphatic rings. The third-order valence-electron chi connectivity index (χ3n) is 8.80. The molecule has 216 valence electrons. The SMILES string of the molecule is CCC1=C(OC(=O)N(CC)CC)N2C(=O)OC(=NCC3CC3)[C@]2(C)[C@H]2C1=CC[C@H]1C(=O)N(CC(=O)OC)C(=O)[C@H]12. The van der Waals surface area contributed by atoms with Crippen molar-refractivity contribution < 1.29 is 38.2 Å². The molecule has 1 saturated carbocycles. The van der Waals surface area contributed by atoms with Crippen LogP contribution in [0.5, 0.6) is 0 Å². The smallest absolute Gasteiger partial charge is 0.424 e. The second-order valence-corrected chi connectivity index (χ2v) is 11.0. The number of carbonyl (C=O) groups excluding carboxylic acids is 5. The number of cyclic esters (lactones) is 1. The lowest BCUT2D eigenvalue weighted by Gasteiger charge is -2.49. The van der Waals surface area contributed by atoms with Gasteiger partial charge in [-0.2, -0.15) is 0 Å². The van der Waals surface area contributed by atoms with Crippen LogP contribution < -0.4 is 0 Å². The van der Waals surface area contributed by atoms with E-state index in [1.54, 1.807) is 6.92 Å². The van der Waals surface area contributed by atoms with Gasteiger partial charge in [-0.1, -0.05) is 13.0 Å². The molecule has 0 aromatic carbocycles. The van der Waals surface area contributed by atoms with Crippen molar-refractivity contribution in [2.24, 2.45) is 28.7 Å². The largest absolute Gasteiger partial charge is 0.468 e. The molecule has 3 heterocycles. The van der Waals surface area contributed by atoms with E-state index in [0.29, 0.717) is 37.5 Å². The number of hydrogen-bond donors (Lipinski definition) is 0. The summed E-state index contributed by atoms with van der Waals surface area (Å²) in [6, 6.07) is 0. The van der Waals surface area contributed by atoms with Crippen LogP contribution in [0, 0.1) is 23.7 Å². The molecule has 2 aliphatic carbocycles. The molecule has 5 rings (SSSR count). The highest BCUT2D eigenvalue weighted by Gasteiger charge is 2.68. The minimum absolute atomic E-state index is 0.0626. The zero-order valence-electron chi connectivity index (χ0n) is 23.6. The Morgan fingerprint density at radius 1 is 1.15 bits per heavy atom. The van der Waals surface area contributed by atoms with E-state index in [-0.39, 0.29) is 18.2 Å². The molecular weight excluding hydrogens is 520 g/mol. The van der Waals surface area contributed by atoms with Gasteiger partial charge in [0.05, 0.1) is 18.9 Å². The fraction of sp³-hybridized carbons (Fsp3) is 0.643. The van der Waals surface area contributed by atoms with Crippen molar-refractivity contribution in [1.82, 2.24) is 14.7 Å². The molecule has 2 saturated heterocycles. The topological polar surface area (TPSA) is 135 Å². The summed E-state index contributed by atoms with van der Waals surface area (Å²) in [7, 11) is 1.20. The number of ether oxygens (including phenoxy) is 3. The van der Waals surface area contributed by atoms with E-state index >= 15 is 0 Å². The predicted molar refractivity (Wildman–Crippen MR) is 140 cm³/mol. The van der Waals surface area contributed by atoms with E-state index in [0.717, 1.165) is 23.3 Å². The summed E-state index contributed by atoms with van der Waals surface area (Å²) < 4.78 is 16.4. The summed E-state index contributed by atoms with van der Waals surface area (Å²) in [4.78, 5) is 74.5. The number of esters is 1. The van der Waals surface area contributed by atoms with Gasteiger partial charge < -0.3 is 19.1 Å². The average Bonchev–Trinajstić information content (AvgIpc) is 3.69. The Hall–Kier alpha value is -3.70. The predicted octanol–water partition coefficient (Wildman–Crippen LogP) is 2.84.